The van der Waals surface area contributed by atoms with E-state index in [1.165, 1.54) is 0 Å². The zero-order valence-electron chi connectivity index (χ0n) is 14.9. The van der Waals surface area contributed by atoms with Crippen LogP contribution in [-0.4, -0.2) is 34.2 Å². The van der Waals surface area contributed by atoms with Gasteiger partial charge in [-0.15, -0.1) is 0 Å². The Bertz CT molecular complexity index is 969. The van der Waals surface area contributed by atoms with Crippen molar-refractivity contribution in [3.63, 3.8) is 0 Å². The summed E-state index contributed by atoms with van der Waals surface area (Å²) in [4.78, 5) is 18.8. The Morgan fingerprint density at radius 3 is 2.61 bits per heavy atom. The molecule has 0 bridgehead atoms. The van der Waals surface area contributed by atoms with Gasteiger partial charge >= 0.3 is 6.03 Å². The van der Waals surface area contributed by atoms with E-state index < -0.39 is 0 Å². The average molecular weight is 417 g/mol. The fourth-order valence-corrected chi connectivity index (χ4v) is 3.56. The third-order valence-electron chi connectivity index (χ3n) is 4.78. The van der Waals surface area contributed by atoms with Gasteiger partial charge in [-0.25, -0.2) is 4.79 Å². The molecule has 144 valence electrons. The predicted octanol–water partition coefficient (Wildman–Crippen LogP) is 5.45. The van der Waals surface area contributed by atoms with Gasteiger partial charge in [-0.1, -0.05) is 58.7 Å². The number of rotatable bonds is 3. The first-order valence-corrected chi connectivity index (χ1v) is 9.76. The molecular weight excluding hydrogens is 399 g/mol. The lowest BCUT2D eigenvalue weighted by molar-refractivity contribution is 0.187. The maximum absolute atomic E-state index is 12.5. The lowest BCUT2D eigenvalue weighted by atomic mass is 9.97. The second-order valence-corrected chi connectivity index (χ2v) is 7.48. The first-order chi connectivity index (χ1) is 13.6. The van der Waals surface area contributed by atoms with E-state index in [0.29, 0.717) is 40.5 Å². The maximum Gasteiger partial charge on any atom is 0.321 e. The predicted molar refractivity (Wildman–Crippen MR) is 109 cm³/mol. The molecule has 2 heterocycles. The lowest BCUT2D eigenvalue weighted by Gasteiger charge is -2.30. The van der Waals surface area contributed by atoms with E-state index in [1.54, 1.807) is 23.1 Å². The number of halogens is 2. The summed E-state index contributed by atoms with van der Waals surface area (Å²) in [6, 6.07) is 14.5. The molecule has 6 nitrogen and oxygen atoms in total. The number of piperidine rings is 1. The third kappa shape index (κ3) is 4.13. The minimum absolute atomic E-state index is 0.142. The SMILES string of the molecule is O=C(Nc1cc(Cl)ccc1Cl)N1CCC(c2nc(-c3ccccc3)no2)CC1. The molecule has 1 aliphatic rings. The van der Waals surface area contributed by atoms with Gasteiger partial charge in [0.05, 0.1) is 10.7 Å². The molecule has 28 heavy (non-hydrogen) atoms. The van der Waals surface area contributed by atoms with Crippen LogP contribution < -0.4 is 5.32 Å². The van der Waals surface area contributed by atoms with Crippen LogP contribution in [0.4, 0.5) is 10.5 Å². The molecule has 1 fully saturated rings. The Labute approximate surface area is 172 Å². The zero-order valence-corrected chi connectivity index (χ0v) is 16.5. The number of hydrogen-bond donors (Lipinski definition) is 1. The van der Waals surface area contributed by atoms with Crippen molar-refractivity contribution >= 4 is 34.9 Å². The number of nitrogens with zero attached hydrogens (tertiary/aromatic N) is 3. The Morgan fingerprint density at radius 1 is 1.11 bits per heavy atom. The molecule has 0 spiro atoms. The van der Waals surface area contributed by atoms with Gasteiger partial charge in [-0.3, -0.25) is 0 Å². The number of carbonyl (C=O) groups excluding carboxylic acids is 1. The maximum atomic E-state index is 12.5. The molecule has 1 N–H and O–H groups in total. The second-order valence-electron chi connectivity index (χ2n) is 6.64. The van der Waals surface area contributed by atoms with Crippen LogP contribution in [0.25, 0.3) is 11.4 Å². The summed E-state index contributed by atoms with van der Waals surface area (Å²) in [5.74, 6) is 1.35. The normalized spacial score (nSPS) is 14.9. The van der Waals surface area contributed by atoms with Crippen LogP contribution >= 0.6 is 23.2 Å². The highest BCUT2D eigenvalue weighted by Crippen LogP contribution is 2.30. The van der Waals surface area contributed by atoms with Crippen molar-refractivity contribution in [1.82, 2.24) is 15.0 Å². The summed E-state index contributed by atoms with van der Waals surface area (Å²) in [6.07, 6.45) is 1.51. The first kappa shape index (κ1) is 18.8. The van der Waals surface area contributed by atoms with E-state index in [0.717, 1.165) is 18.4 Å². The van der Waals surface area contributed by atoms with Gasteiger partial charge in [0, 0.05) is 29.6 Å². The van der Waals surface area contributed by atoms with E-state index >= 15 is 0 Å². The van der Waals surface area contributed by atoms with E-state index in [4.69, 9.17) is 27.7 Å². The quantitative estimate of drug-likeness (QED) is 0.615. The topological polar surface area (TPSA) is 71.3 Å². The number of hydrogen-bond acceptors (Lipinski definition) is 4. The number of nitrogens with one attached hydrogen (secondary N) is 1. The standard InChI is InChI=1S/C20H18Cl2N4O2/c21-15-6-7-16(22)17(12-15)23-20(27)26-10-8-14(9-11-26)19-24-18(25-28-19)13-4-2-1-3-5-13/h1-7,12,14H,8-11H2,(H,23,27). The van der Waals surface area contributed by atoms with E-state index in [2.05, 4.69) is 15.5 Å². The van der Waals surface area contributed by atoms with Crippen LogP contribution in [0.3, 0.4) is 0 Å². The molecule has 8 heteroatoms. The summed E-state index contributed by atoms with van der Waals surface area (Å²) in [6.45, 7) is 1.19. The van der Waals surface area contributed by atoms with Gasteiger partial charge in [0.15, 0.2) is 0 Å². The van der Waals surface area contributed by atoms with Crippen LogP contribution in [0, 0.1) is 0 Å². The molecular formula is C20H18Cl2N4O2. The fraction of sp³-hybridized carbons (Fsp3) is 0.250. The molecule has 0 unspecified atom stereocenters. The summed E-state index contributed by atoms with van der Waals surface area (Å²) < 4.78 is 5.47. The number of amides is 2. The number of urea groups is 1. The number of aromatic nitrogens is 2. The highest BCUT2D eigenvalue weighted by Gasteiger charge is 2.28. The highest BCUT2D eigenvalue weighted by molar-refractivity contribution is 6.35. The molecule has 3 aromatic rings. The van der Waals surface area contributed by atoms with Gasteiger partial charge in [0.1, 0.15) is 0 Å². The molecule has 1 aromatic heterocycles. The van der Waals surface area contributed by atoms with Crippen LogP contribution in [0.2, 0.25) is 10.0 Å². The number of anilines is 1. The summed E-state index contributed by atoms with van der Waals surface area (Å²) >= 11 is 12.1. The molecule has 2 amide bonds. The average Bonchev–Trinajstić information content (AvgIpc) is 3.22. The highest BCUT2D eigenvalue weighted by atomic mass is 35.5. The smallest absolute Gasteiger partial charge is 0.321 e. The minimum atomic E-state index is -0.196. The molecule has 0 aliphatic carbocycles. The number of likely N-dealkylation sites (tertiary alicyclic amines) is 1. The van der Waals surface area contributed by atoms with Gasteiger partial charge in [0.25, 0.3) is 0 Å². The third-order valence-corrected chi connectivity index (χ3v) is 5.34. The Morgan fingerprint density at radius 2 is 1.86 bits per heavy atom. The summed E-state index contributed by atoms with van der Waals surface area (Å²) in [7, 11) is 0. The van der Waals surface area contributed by atoms with Crippen molar-refractivity contribution in [3.05, 3.63) is 64.5 Å². The zero-order chi connectivity index (χ0) is 19.5. The van der Waals surface area contributed by atoms with Gasteiger partial charge in [0.2, 0.25) is 11.7 Å². The van der Waals surface area contributed by atoms with Crippen LogP contribution in [0.15, 0.2) is 53.1 Å². The summed E-state index contributed by atoms with van der Waals surface area (Å²) in [5.41, 5.74) is 1.43. The van der Waals surface area contributed by atoms with Gasteiger partial charge in [-0.05, 0) is 31.0 Å². The van der Waals surface area contributed by atoms with E-state index in [9.17, 15) is 4.79 Å². The Kier molecular flexibility index (Phi) is 5.50. The Balaban J connectivity index is 1.36. The van der Waals surface area contributed by atoms with Crippen molar-refractivity contribution in [1.29, 1.82) is 0 Å². The van der Waals surface area contributed by atoms with Crippen molar-refractivity contribution in [2.45, 2.75) is 18.8 Å². The molecule has 1 aliphatic heterocycles. The molecule has 2 aromatic carbocycles. The van der Waals surface area contributed by atoms with Crippen molar-refractivity contribution in [3.8, 4) is 11.4 Å². The largest absolute Gasteiger partial charge is 0.339 e. The fourth-order valence-electron chi connectivity index (χ4n) is 3.22. The van der Waals surface area contributed by atoms with Crippen molar-refractivity contribution < 1.29 is 9.32 Å². The van der Waals surface area contributed by atoms with E-state index in [-0.39, 0.29) is 11.9 Å². The van der Waals surface area contributed by atoms with Gasteiger partial charge in [-0.2, -0.15) is 4.98 Å². The van der Waals surface area contributed by atoms with Crippen LogP contribution in [-0.2, 0) is 0 Å². The monoisotopic (exact) mass is 416 g/mol. The molecule has 1 saturated heterocycles. The first-order valence-electron chi connectivity index (χ1n) is 9.00. The second kappa shape index (κ2) is 8.20. The van der Waals surface area contributed by atoms with Crippen molar-refractivity contribution in [2.24, 2.45) is 0 Å². The van der Waals surface area contributed by atoms with Crippen LogP contribution in [0.5, 0.6) is 0 Å². The van der Waals surface area contributed by atoms with E-state index in [1.807, 2.05) is 30.3 Å². The summed E-state index contributed by atoms with van der Waals surface area (Å²) in [5, 5.41) is 7.87. The minimum Gasteiger partial charge on any atom is -0.339 e. The van der Waals surface area contributed by atoms with Crippen LogP contribution in [0.1, 0.15) is 24.7 Å². The molecule has 0 saturated carbocycles. The molecule has 0 radical (unpaired) electrons. The molecule has 4 rings (SSSR count). The van der Waals surface area contributed by atoms with Crippen molar-refractivity contribution in [2.75, 3.05) is 18.4 Å². The lowest BCUT2D eigenvalue weighted by Crippen LogP contribution is -2.40. The number of benzene rings is 2. The number of carbonyl (C=O) groups is 1. The van der Waals surface area contributed by atoms with Gasteiger partial charge < -0.3 is 14.7 Å². The Hall–Kier alpha value is -2.57. The molecule has 0 atom stereocenters.